The van der Waals surface area contributed by atoms with Crippen LogP contribution in [-0.2, 0) is 14.9 Å². The van der Waals surface area contributed by atoms with Crippen molar-refractivity contribution in [3.8, 4) is 0 Å². The van der Waals surface area contributed by atoms with Gasteiger partial charge in [0.05, 0.1) is 26.9 Å². The molecule has 0 aliphatic heterocycles. The Labute approximate surface area is 229 Å². The first-order valence-electron chi connectivity index (χ1n) is 14.8. The van der Waals surface area contributed by atoms with Crippen LogP contribution in [0.15, 0.2) is 0 Å². The highest BCUT2D eigenvalue weighted by Crippen LogP contribution is 2.39. The number of quaternary nitrogens is 1. The number of nitrogens with zero attached hydrogens (tertiary/aromatic N) is 1. The maximum absolute atomic E-state index is 12.2. The fourth-order valence-electron chi connectivity index (χ4n) is 5.78. The maximum atomic E-state index is 12.2. The highest BCUT2D eigenvalue weighted by molar-refractivity contribution is 7.85. The van der Waals surface area contributed by atoms with Crippen molar-refractivity contribution in [3.05, 3.63) is 0 Å². The number of likely N-dealkylation sites (N-methyl/N-ethyl adjacent to an activating group) is 1. The molecule has 0 radical (unpaired) electrons. The van der Waals surface area contributed by atoms with Gasteiger partial charge in [0.15, 0.2) is 6.04 Å². The topological polar surface area (TPSA) is 104 Å². The molecule has 0 aromatic heterocycles. The van der Waals surface area contributed by atoms with E-state index in [9.17, 15) is 22.9 Å². The van der Waals surface area contributed by atoms with Crippen molar-refractivity contribution in [2.75, 3.05) is 33.4 Å². The van der Waals surface area contributed by atoms with Crippen molar-refractivity contribution in [2.45, 2.75) is 142 Å². The smallest absolute Gasteiger partial charge is 0.363 e. The Kier molecular flexibility index (Phi) is 17.5. The van der Waals surface area contributed by atoms with E-state index in [1.54, 1.807) is 41.9 Å². The van der Waals surface area contributed by atoms with Crippen LogP contribution in [0.3, 0.4) is 0 Å². The number of hydrogen-bond acceptors (Lipinski definition) is 4. The van der Waals surface area contributed by atoms with Crippen molar-refractivity contribution in [3.63, 3.8) is 0 Å². The largest absolute Gasteiger partial charge is 0.477 e. The van der Waals surface area contributed by atoms with Gasteiger partial charge in [-0.3, -0.25) is 4.55 Å². The number of aliphatic carboxylic acids is 1. The first-order chi connectivity index (χ1) is 17.1. The van der Waals surface area contributed by atoms with Gasteiger partial charge in [0.1, 0.15) is 0 Å². The molecule has 0 bridgehead atoms. The van der Waals surface area contributed by atoms with Crippen LogP contribution in [-0.4, -0.2) is 73.6 Å². The molecule has 0 spiro atoms. The maximum Gasteiger partial charge on any atom is 0.363 e. The summed E-state index contributed by atoms with van der Waals surface area (Å²) in [5.41, 5.74) is -2.06. The van der Waals surface area contributed by atoms with Gasteiger partial charge in [0, 0.05) is 11.0 Å². The monoisotopic (exact) mass is 549 g/mol. The lowest BCUT2D eigenvalue weighted by Crippen LogP contribution is -2.69. The van der Waals surface area contributed by atoms with E-state index in [1.807, 2.05) is 0 Å². The Morgan fingerprint density at radius 1 is 0.757 bits per heavy atom. The third-order valence-electron chi connectivity index (χ3n) is 8.13. The molecule has 2 unspecified atom stereocenters. The van der Waals surface area contributed by atoms with E-state index in [0.717, 1.165) is 19.3 Å². The van der Waals surface area contributed by atoms with Gasteiger partial charge in [0.25, 0.3) is 10.1 Å². The fraction of sp³-hybridized carbons (Fsp3) is 0.966. The molecule has 0 aromatic rings. The second-order valence-corrected chi connectivity index (χ2v) is 14.3. The first-order valence-corrected chi connectivity index (χ1v) is 16.4. The first kappa shape index (κ1) is 36.3. The Bertz CT molecular complexity index is 718. The standard InChI is InChI=1S/C29H60N2O5S/c1-8-9-10-11-12-13-14-15-16-17-18-19-20-21-22-23-24-30-29(4,25-37(34,35)36)28(2,3)26(27(32)33)31(5,6)7/h26,30H,8-25H2,1-7H3,(H-,32,33,34,35,36)/p+1. The van der Waals surface area contributed by atoms with Crippen LogP contribution >= 0.6 is 0 Å². The van der Waals surface area contributed by atoms with Gasteiger partial charge < -0.3 is 14.9 Å². The van der Waals surface area contributed by atoms with Gasteiger partial charge in [-0.05, 0) is 19.9 Å². The van der Waals surface area contributed by atoms with Crippen LogP contribution in [0.2, 0.25) is 0 Å². The SMILES string of the molecule is CCCCCCCCCCCCCCCCCCNC(C)(CS(=O)(=O)O)C(C)(C)C(C(=O)O)[N+](C)(C)C. The van der Waals surface area contributed by atoms with Crippen LogP contribution in [0.5, 0.6) is 0 Å². The van der Waals surface area contributed by atoms with Crippen molar-refractivity contribution in [2.24, 2.45) is 5.41 Å². The van der Waals surface area contributed by atoms with Crippen molar-refractivity contribution in [1.82, 2.24) is 5.32 Å². The second kappa shape index (κ2) is 17.8. The summed E-state index contributed by atoms with van der Waals surface area (Å²) in [6.45, 7) is 8.12. The third-order valence-corrected chi connectivity index (χ3v) is 9.07. The minimum Gasteiger partial charge on any atom is -0.477 e. The van der Waals surface area contributed by atoms with Crippen molar-refractivity contribution >= 4 is 16.1 Å². The normalized spacial score (nSPS) is 15.5. The minimum atomic E-state index is -4.31. The van der Waals surface area contributed by atoms with Gasteiger partial charge in [-0.2, -0.15) is 8.42 Å². The number of rotatable bonds is 24. The van der Waals surface area contributed by atoms with E-state index >= 15 is 0 Å². The molecule has 0 aliphatic rings. The lowest BCUT2D eigenvalue weighted by Gasteiger charge is -2.50. The summed E-state index contributed by atoms with van der Waals surface area (Å²) >= 11 is 0. The molecule has 0 amide bonds. The summed E-state index contributed by atoms with van der Waals surface area (Å²) in [6.07, 6.45) is 20.6. The van der Waals surface area contributed by atoms with Crippen molar-refractivity contribution in [1.29, 1.82) is 0 Å². The summed E-state index contributed by atoms with van der Waals surface area (Å²) in [5, 5.41) is 13.3. The molecule has 0 aliphatic carbocycles. The third kappa shape index (κ3) is 15.5. The minimum absolute atomic E-state index is 0.143. The van der Waals surface area contributed by atoms with E-state index in [2.05, 4.69) is 12.2 Å². The van der Waals surface area contributed by atoms with Gasteiger partial charge >= 0.3 is 5.97 Å². The van der Waals surface area contributed by atoms with Crippen LogP contribution in [0.4, 0.5) is 0 Å². The van der Waals surface area contributed by atoms with E-state index in [4.69, 9.17) is 0 Å². The van der Waals surface area contributed by atoms with Crippen LogP contribution < -0.4 is 5.32 Å². The van der Waals surface area contributed by atoms with E-state index in [-0.39, 0.29) is 4.48 Å². The molecule has 0 heterocycles. The Balaban J connectivity index is 4.35. The Morgan fingerprint density at radius 3 is 1.41 bits per heavy atom. The number of carbonyl (C=O) groups is 1. The second-order valence-electron chi connectivity index (χ2n) is 12.9. The molecule has 37 heavy (non-hydrogen) atoms. The summed E-state index contributed by atoms with van der Waals surface area (Å²) in [5.74, 6) is -1.52. The molecule has 8 heteroatoms. The Morgan fingerprint density at radius 2 is 1.11 bits per heavy atom. The quantitative estimate of drug-likeness (QED) is 0.0706. The molecule has 0 saturated carbocycles. The average molecular weight is 550 g/mol. The number of unbranched alkanes of at least 4 members (excludes halogenated alkanes) is 15. The van der Waals surface area contributed by atoms with E-state index < -0.39 is 38.8 Å². The fourth-order valence-corrected chi connectivity index (χ4v) is 6.98. The number of carboxylic acid groups (broad SMARTS) is 1. The zero-order valence-electron chi connectivity index (χ0n) is 25.3. The van der Waals surface area contributed by atoms with Gasteiger partial charge in [-0.15, -0.1) is 0 Å². The lowest BCUT2D eigenvalue weighted by atomic mass is 9.68. The van der Waals surface area contributed by atoms with Crippen LogP contribution in [0.1, 0.15) is 130 Å². The molecular weight excluding hydrogens is 488 g/mol. The summed E-state index contributed by atoms with van der Waals surface area (Å²) in [7, 11) is 1.08. The zero-order valence-corrected chi connectivity index (χ0v) is 26.1. The molecule has 0 fully saturated rings. The Hall–Kier alpha value is -0.700. The summed E-state index contributed by atoms with van der Waals surface area (Å²) in [6, 6.07) is -0.863. The molecule has 2 atom stereocenters. The predicted octanol–water partition coefficient (Wildman–Crippen LogP) is 6.67. The molecule has 3 N–H and O–H groups in total. The molecule has 7 nitrogen and oxygen atoms in total. The lowest BCUT2D eigenvalue weighted by molar-refractivity contribution is -0.895. The van der Waals surface area contributed by atoms with E-state index in [0.29, 0.717) is 6.54 Å². The predicted molar refractivity (Wildman–Crippen MR) is 156 cm³/mol. The average Bonchev–Trinajstić information content (AvgIpc) is 2.73. The number of nitrogens with one attached hydrogen (secondary N) is 1. The van der Waals surface area contributed by atoms with Crippen molar-refractivity contribution < 1.29 is 27.4 Å². The number of hydrogen-bond donors (Lipinski definition) is 3. The molecule has 0 rings (SSSR count). The molecule has 0 aromatic carbocycles. The molecule has 222 valence electrons. The summed E-state index contributed by atoms with van der Waals surface area (Å²) < 4.78 is 33.6. The molecular formula is C29H61N2O5S+. The highest BCUT2D eigenvalue weighted by atomic mass is 32.2. The number of carboxylic acids is 1. The van der Waals surface area contributed by atoms with Crippen LogP contribution in [0, 0.1) is 5.41 Å². The summed E-state index contributed by atoms with van der Waals surface area (Å²) in [4.78, 5) is 12.2. The van der Waals surface area contributed by atoms with Gasteiger partial charge in [-0.25, -0.2) is 4.79 Å². The van der Waals surface area contributed by atoms with E-state index in [1.165, 1.54) is 83.5 Å². The van der Waals surface area contributed by atoms with Gasteiger partial charge in [0.2, 0.25) is 0 Å². The van der Waals surface area contributed by atoms with Crippen LogP contribution in [0.25, 0.3) is 0 Å². The highest BCUT2D eigenvalue weighted by Gasteiger charge is 2.56. The molecule has 0 saturated heterocycles. The van der Waals surface area contributed by atoms with Gasteiger partial charge in [-0.1, -0.05) is 117 Å². The zero-order chi connectivity index (χ0) is 28.6.